The Morgan fingerprint density at radius 2 is 0.727 bits per heavy atom. The first kappa shape index (κ1) is 104. The molecule has 0 fully saturated rings. The number of amides is 13. The summed E-state index contributed by atoms with van der Waals surface area (Å²) in [6.45, 7) is 12.6. The number of anilines is 13. The monoisotopic (exact) mass is 1890 g/mol. The number of aromatic nitrogens is 12. The number of halogens is 7. The van der Waals surface area contributed by atoms with Gasteiger partial charge in [0.25, 0.3) is 0 Å². The van der Waals surface area contributed by atoms with Gasteiger partial charge >= 0.3 is 42.5 Å². The van der Waals surface area contributed by atoms with Crippen molar-refractivity contribution in [3.8, 4) is 28.7 Å². The van der Waals surface area contributed by atoms with E-state index < -0.39 is 42.3 Å². The second kappa shape index (κ2) is 55.5. The van der Waals surface area contributed by atoms with Gasteiger partial charge in [-0.2, -0.15) is 0 Å². The van der Waals surface area contributed by atoms with E-state index in [0.29, 0.717) is 132 Å². The number of ether oxygens (including phenoxy) is 5. The molecule has 0 aliphatic heterocycles. The molecule has 0 saturated carbocycles. The molecule has 46 heteroatoms. The quantitative estimate of drug-likeness (QED) is 0.0203. The zero-order chi connectivity index (χ0) is 95.7. The van der Waals surface area contributed by atoms with Gasteiger partial charge in [-0.1, -0.05) is 78.5 Å². The van der Waals surface area contributed by atoms with Crippen molar-refractivity contribution < 1.29 is 70.4 Å². The summed E-state index contributed by atoms with van der Waals surface area (Å²) in [6.07, 6.45) is 21.9. The first-order valence-electron chi connectivity index (χ1n) is 39.4. The van der Waals surface area contributed by atoms with Crippen LogP contribution in [0.5, 0.6) is 28.7 Å². The average Bonchev–Trinajstić information content (AvgIpc) is 0.859. The lowest BCUT2D eigenvalue weighted by atomic mass is 10.1. The van der Waals surface area contributed by atoms with Crippen LogP contribution in [0.1, 0.15) is 44.9 Å². The number of carbonyl (C=O) groups is 7. The van der Waals surface area contributed by atoms with Crippen LogP contribution >= 0.6 is 46.4 Å². The molecule has 0 saturated heterocycles. The number of likely N-dealkylation sites (N-methyl/N-ethyl adjacent to an activating group) is 1. The number of para-hydroxylation sites is 2. The molecule has 6 aromatic heterocycles. The smallest absolute Gasteiger partial charge is 0.495 e. The fraction of sp³-hybridized carbons (Fsp3) is 0.221. The standard InChI is InChI=1S/2C16H20ClN5O2.C16H19ClN4O2.C14H15N5O3.C12H11ClN4O.C12H9F3N4O2/c1-11-9-19-15(10-18-11)21-16(23)20-13-8-12(17)4-5-14(13)24-7-6-22(2)3;1-22(2)8-3-9-24-14-5-4-12(17)10-13(14)20-16(23)21-15-11-18-6-7-19-15;1-11(2)5-8-23-14-4-3-12(17)9-13(14)20-16(22)21-15-10-18-6-7-19-15;1-9(20)17-10-3-4-12(22-2)11(7-10)18-14(21)19-13-8-15-5-6-16-13;1-8-2-3-9(13)6-10(8)16-12(18)17-11-7-14-4-5-15-11;13-12(14,15)21-9-4-2-1-3-8(9)18-11(20)19-10-7-16-5-6-17-10/h4-5,8-10H,6-7H2,1-3H3,(H2,19,20,21,23);4-7,10-11H,3,8-9H2,1-2H3,(H2,19,20,21,23);3-4,6-7,9-11H,5,8H2,1-2H3,(H2,19,20,21,22);3-8H,1-2H3,(H,17,20)(H2,16,18,19,21);2-7H,1H3,(H2,15,16,17,18);1-7H,(H2,17,18,19,20). The molecule has 0 aliphatic rings. The zero-order valence-electron chi connectivity index (χ0n) is 72.6. The van der Waals surface area contributed by atoms with Gasteiger partial charge in [0.15, 0.2) is 40.7 Å². The molecular weight excluding hydrogens is 1800 g/mol. The van der Waals surface area contributed by atoms with Gasteiger partial charge in [0.05, 0.1) is 97.8 Å². The van der Waals surface area contributed by atoms with Gasteiger partial charge in [-0.15, -0.1) is 13.2 Å². The summed E-state index contributed by atoms with van der Waals surface area (Å²) < 4.78 is 62.9. The highest BCUT2D eigenvalue weighted by Crippen LogP contribution is 2.34. The fourth-order valence-corrected chi connectivity index (χ4v) is 10.7. The third-order valence-corrected chi connectivity index (χ3v) is 16.9. The molecule has 0 spiro atoms. The van der Waals surface area contributed by atoms with Crippen LogP contribution in [-0.4, -0.2) is 186 Å². The van der Waals surface area contributed by atoms with E-state index >= 15 is 0 Å². The van der Waals surface area contributed by atoms with E-state index in [2.05, 4.69) is 152 Å². The number of nitrogens with one attached hydrogen (secondary N) is 13. The number of urea groups is 6. The number of alkyl halides is 3. The van der Waals surface area contributed by atoms with Crippen LogP contribution < -0.4 is 92.8 Å². The molecule has 6 heterocycles. The van der Waals surface area contributed by atoms with Crippen molar-refractivity contribution in [3.63, 3.8) is 0 Å². The molecule has 0 radical (unpaired) electrons. The summed E-state index contributed by atoms with van der Waals surface area (Å²) >= 11 is 23.9. The van der Waals surface area contributed by atoms with Crippen LogP contribution in [-0.2, 0) is 4.79 Å². The number of hydrogen-bond acceptors (Lipinski definition) is 26. The highest BCUT2D eigenvalue weighted by Gasteiger charge is 2.32. The van der Waals surface area contributed by atoms with Crippen LogP contribution in [0.4, 0.5) is 117 Å². The number of hydrogen-bond donors (Lipinski definition) is 13. The van der Waals surface area contributed by atoms with Crippen molar-refractivity contribution in [1.29, 1.82) is 0 Å². The summed E-state index contributed by atoms with van der Waals surface area (Å²) in [4.78, 5) is 134. The average molecular weight is 1900 g/mol. The topological polar surface area (TPSA) is 483 Å². The summed E-state index contributed by atoms with van der Waals surface area (Å²) in [6, 6.07) is 27.6. The number of carbonyl (C=O) groups excluding carboxylic acids is 7. The zero-order valence-corrected chi connectivity index (χ0v) is 75.6. The SMILES string of the molecule is CC(C)CCOc1ccc(Cl)cc1NC(=O)Nc1cnccn1.CN(C)CCCOc1ccc(Cl)cc1NC(=O)Nc1cnccn1.COc1ccc(NC(C)=O)cc1NC(=O)Nc1cnccn1.Cc1ccc(Cl)cc1NC(=O)Nc1cnccn1.Cc1cnc(NC(=O)Nc2cc(Cl)ccc2OCCN(C)C)cn1.O=C(Nc1cnccn1)Nc1ccccc1OC(F)(F)F. The highest BCUT2D eigenvalue weighted by atomic mass is 35.5. The molecule has 0 unspecified atom stereocenters. The number of rotatable bonds is 28. The van der Waals surface area contributed by atoms with E-state index in [1.165, 1.54) is 131 Å². The van der Waals surface area contributed by atoms with E-state index in [0.717, 1.165) is 43.3 Å². The van der Waals surface area contributed by atoms with Gasteiger partial charge in [0.1, 0.15) is 29.6 Å². The molecule has 694 valence electrons. The number of methoxy groups -OCH3 is 1. The normalized spacial score (nSPS) is 10.3. The van der Waals surface area contributed by atoms with E-state index in [1.807, 2.05) is 53.0 Å². The molecule has 0 bridgehead atoms. The predicted molar refractivity (Wildman–Crippen MR) is 501 cm³/mol. The molecule has 0 atom stereocenters. The molecule has 13 amide bonds. The van der Waals surface area contributed by atoms with Crippen LogP contribution in [0.2, 0.25) is 20.1 Å². The molecule has 0 aliphatic carbocycles. The summed E-state index contributed by atoms with van der Waals surface area (Å²) in [5.41, 5.74) is 4.66. The Kier molecular flexibility index (Phi) is 43.6. The lowest BCUT2D eigenvalue weighted by Crippen LogP contribution is -2.22. The summed E-state index contributed by atoms with van der Waals surface area (Å²) in [7, 11) is 9.41. The highest BCUT2D eigenvalue weighted by molar-refractivity contribution is 6.32. The Hall–Kier alpha value is -15.2. The number of benzene rings is 6. The van der Waals surface area contributed by atoms with Crippen molar-refractivity contribution in [2.24, 2.45) is 5.92 Å². The van der Waals surface area contributed by atoms with Gasteiger partial charge in [-0.05, 0) is 163 Å². The van der Waals surface area contributed by atoms with Crippen LogP contribution in [0.25, 0.3) is 0 Å². The van der Waals surface area contributed by atoms with E-state index in [4.69, 9.17) is 65.4 Å². The lowest BCUT2D eigenvalue weighted by Gasteiger charge is -2.15. The number of aryl methyl sites for hydroxylation is 2. The van der Waals surface area contributed by atoms with Crippen LogP contribution in [0, 0.1) is 19.8 Å². The Bertz CT molecular complexity index is 5650. The minimum absolute atomic E-state index is 0.129. The molecular formula is C86H94Cl4F3N27O12. The maximum atomic E-state index is 12.2. The lowest BCUT2D eigenvalue weighted by molar-refractivity contribution is -0.274. The van der Waals surface area contributed by atoms with Gasteiger partial charge in [0, 0.05) is 113 Å². The fourth-order valence-electron chi connectivity index (χ4n) is 9.98. The molecule has 12 aromatic rings. The van der Waals surface area contributed by atoms with E-state index in [9.17, 15) is 46.7 Å². The molecule has 39 nitrogen and oxygen atoms in total. The second-order valence-electron chi connectivity index (χ2n) is 27.7. The van der Waals surface area contributed by atoms with E-state index in [-0.39, 0.29) is 23.4 Å². The Balaban J connectivity index is 0.000000217. The summed E-state index contributed by atoms with van der Waals surface area (Å²) in [5.74, 6) is 3.88. The maximum absolute atomic E-state index is 12.2. The molecule has 6 aromatic carbocycles. The van der Waals surface area contributed by atoms with E-state index in [1.54, 1.807) is 91.1 Å². The minimum Gasteiger partial charge on any atom is -0.495 e. The third-order valence-electron chi connectivity index (χ3n) is 15.9. The summed E-state index contributed by atoms with van der Waals surface area (Å²) in [5, 5.41) is 35.6. The Labute approximate surface area is 776 Å². The van der Waals surface area contributed by atoms with Gasteiger partial charge in [-0.3, -0.25) is 66.6 Å². The molecule has 13 N–H and O–H groups in total. The van der Waals surface area contributed by atoms with Gasteiger partial charge in [-0.25, -0.2) is 58.7 Å². The van der Waals surface area contributed by atoms with Crippen molar-refractivity contribution in [3.05, 3.63) is 252 Å². The third kappa shape index (κ3) is 41.7. The van der Waals surface area contributed by atoms with Crippen molar-refractivity contribution in [1.82, 2.24) is 69.6 Å². The van der Waals surface area contributed by atoms with Crippen LogP contribution in [0.15, 0.2) is 221 Å². The van der Waals surface area contributed by atoms with Gasteiger partial charge < -0.3 is 70.7 Å². The van der Waals surface area contributed by atoms with Crippen molar-refractivity contribution >= 4 is 163 Å². The predicted octanol–water partition coefficient (Wildman–Crippen LogP) is 18.5. The number of nitrogens with zero attached hydrogens (tertiary/aromatic N) is 14. The second-order valence-corrected chi connectivity index (χ2v) is 29.4. The first-order chi connectivity index (χ1) is 63.2. The van der Waals surface area contributed by atoms with Crippen molar-refractivity contribution in [2.45, 2.75) is 53.8 Å². The maximum Gasteiger partial charge on any atom is 0.573 e. The Morgan fingerprint density at radius 1 is 0.371 bits per heavy atom. The van der Waals surface area contributed by atoms with Gasteiger partial charge in [0.2, 0.25) is 5.91 Å². The van der Waals surface area contributed by atoms with Crippen LogP contribution in [0.3, 0.4) is 0 Å². The van der Waals surface area contributed by atoms with Crippen molar-refractivity contribution in [2.75, 3.05) is 137 Å². The Morgan fingerprint density at radius 3 is 1.09 bits per heavy atom. The minimum atomic E-state index is -4.85. The molecule has 132 heavy (non-hydrogen) atoms. The largest absolute Gasteiger partial charge is 0.573 e. The molecule has 12 rings (SSSR count). The first-order valence-corrected chi connectivity index (χ1v) is 40.9.